The molecule has 0 aliphatic heterocycles. The van der Waals surface area contributed by atoms with Gasteiger partial charge in [-0.15, -0.1) is 0 Å². The molecule has 0 fully saturated rings. The molecule has 0 aliphatic carbocycles. The molecule has 3 aromatic carbocycles. The van der Waals surface area contributed by atoms with Gasteiger partial charge in [-0.3, -0.25) is 4.79 Å². The highest BCUT2D eigenvalue weighted by Crippen LogP contribution is 2.19. The molecule has 1 N–H and O–H groups in total. The Morgan fingerprint density at radius 2 is 1.53 bits per heavy atom. The summed E-state index contributed by atoms with van der Waals surface area (Å²) in [5.74, 6) is -2.69. The maximum absolute atomic E-state index is 13.6. The number of halogens is 2. The lowest BCUT2D eigenvalue weighted by molar-refractivity contribution is -0.123. The van der Waals surface area contributed by atoms with Crippen molar-refractivity contribution >= 4 is 17.6 Å². The Hall–Kier alpha value is -3.74. The van der Waals surface area contributed by atoms with E-state index in [4.69, 9.17) is 9.47 Å². The Kier molecular flexibility index (Phi) is 6.75. The summed E-state index contributed by atoms with van der Waals surface area (Å²) >= 11 is 0. The van der Waals surface area contributed by atoms with Crippen LogP contribution in [0.5, 0.6) is 5.75 Å². The van der Waals surface area contributed by atoms with Crippen molar-refractivity contribution in [3.63, 3.8) is 0 Å². The average Bonchev–Trinajstić information content (AvgIpc) is 2.75. The van der Waals surface area contributed by atoms with Crippen LogP contribution in [0.4, 0.5) is 14.5 Å². The number of carbonyl (C=O) groups excluding carboxylic acids is 2. The van der Waals surface area contributed by atoms with E-state index < -0.39 is 35.3 Å². The van der Waals surface area contributed by atoms with Crippen LogP contribution in [0.25, 0.3) is 0 Å². The second kappa shape index (κ2) is 9.65. The van der Waals surface area contributed by atoms with Crippen LogP contribution in [0, 0.1) is 11.6 Å². The minimum absolute atomic E-state index is 0.232. The Labute approximate surface area is 172 Å². The number of anilines is 1. The Morgan fingerprint density at radius 1 is 0.900 bits per heavy atom. The largest absolute Gasteiger partial charge is 0.489 e. The van der Waals surface area contributed by atoms with Crippen molar-refractivity contribution in [2.75, 3.05) is 5.32 Å². The molecule has 1 amide bonds. The molecule has 0 aromatic heterocycles. The summed E-state index contributed by atoms with van der Waals surface area (Å²) in [7, 11) is 0. The molecule has 0 unspecified atom stereocenters. The summed E-state index contributed by atoms with van der Waals surface area (Å²) in [6, 6.07) is 19.0. The number of benzene rings is 3. The Bertz CT molecular complexity index is 1000. The van der Waals surface area contributed by atoms with Crippen LogP contribution < -0.4 is 10.1 Å². The zero-order valence-corrected chi connectivity index (χ0v) is 16.1. The molecule has 154 valence electrons. The van der Waals surface area contributed by atoms with Crippen LogP contribution in [-0.4, -0.2) is 18.0 Å². The van der Waals surface area contributed by atoms with Crippen molar-refractivity contribution in [2.45, 2.75) is 19.6 Å². The molecule has 0 saturated heterocycles. The number of rotatable bonds is 7. The fourth-order valence-corrected chi connectivity index (χ4v) is 2.54. The van der Waals surface area contributed by atoms with Crippen LogP contribution in [0.15, 0.2) is 72.8 Å². The first kappa shape index (κ1) is 21.0. The molecule has 1 atom stereocenters. The molecule has 3 aromatic rings. The molecule has 30 heavy (non-hydrogen) atoms. The van der Waals surface area contributed by atoms with E-state index >= 15 is 0 Å². The third kappa shape index (κ3) is 5.41. The van der Waals surface area contributed by atoms with E-state index in [9.17, 15) is 18.4 Å². The smallest absolute Gasteiger partial charge is 0.338 e. The first-order valence-electron chi connectivity index (χ1n) is 9.16. The second-order valence-electron chi connectivity index (χ2n) is 6.43. The highest BCUT2D eigenvalue weighted by atomic mass is 19.1. The third-order valence-corrected chi connectivity index (χ3v) is 4.20. The number of hydrogen-bond acceptors (Lipinski definition) is 4. The van der Waals surface area contributed by atoms with E-state index in [1.165, 1.54) is 13.0 Å². The summed E-state index contributed by atoms with van der Waals surface area (Å²) < 4.78 is 38.0. The number of nitrogens with one attached hydrogen (secondary N) is 1. The fraction of sp³-hybridized carbons (Fsp3) is 0.130. The number of ether oxygens (including phenoxy) is 2. The van der Waals surface area contributed by atoms with Gasteiger partial charge in [-0.1, -0.05) is 36.4 Å². The third-order valence-electron chi connectivity index (χ3n) is 4.20. The second-order valence-corrected chi connectivity index (χ2v) is 6.43. The monoisotopic (exact) mass is 411 g/mol. The normalized spacial score (nSPS) is 11.4. The van der Waals surface area contributed by atoms with Crippen molar-refractivity contribution in [2.24, 2.45) is 0 Å². The van der Waals surface area contributed by atoms with Crippen molar-refractivity contribution in [1.82, 2.24) is 0 Å². The van der Waals surface area contributed by atoms with Crippen LogP contribution in [0.2, 0.25) is 0 Å². The Morgan fingerprint density at radius 3 is 2.17 bits per heavy atom. The molecule has 7 heteroatoms. The van der Waals surface area contributed by atoms with E-state index in [1.54, 1.807) is 24.3 Å². The van der Waals surface area contributed by atoms with Gasteiger partial charge >= 0.3 is 5.97 Å². The van der Waals surface area contributed by atoms with Gasteiger partial charge in [-0.2, -0.15) is 0 Å². The molecule has 0 spiro atoms. The number of carbonyl (C=O) groups is 2. The van der Waals surface area contributed by atoms with Gasteiger partial charge in [-0.05, 0) is 48.9 Å². The fourth-order valence-electron chi connectivity index (χ4n) is 2.54. The lowest BCUT2D eigenvalue weighted by Crippen LogP contribution is -2.30. The number of hydrogen-bond donors (Lipinski definition) is 1. The van der Waals surface area contributed by atoms with E-state index in [-0.39, 0.29) is 5.56 Å². The topological polar surface area (TPSA) is 64.6 Å². The first-order valence-corrected chi connectivity index (χ1v) is 9.16. The van der Waals surface area contributed by atoms with E-state index in [1.807, 2.05) is 30.3 Å². The zero-order valence-electron chi connectivity index (χ0n) is 16.1. The molecule has 3 rings (SSSR count). The zero-order chi connectivity index (χ0) is 21.5. The summed E-state index contributed by atoms with van der Waals surface area (Å²) in [4.78, 5) is 24.4. The van der Waals surface area contributed by atoms with Crippen LogP contribution >= 0.6 is 0 Å². The number of amides is 1. The van der Waals surface area contributed by atoms with E-state index in [0.29, 0.717) is 6.61 Å². The summed E-state index contributed by atoms with van der Waals surface area (Å²) in [5, 5.41) is 2.09. The van der Waals surface area contributed by atoms with Crippen LogP contribution in [0.1, 0.15) is 22.8 Å². The molecule has 0 saturated carbocycles. The molecule has 0 aliphatic rings. The SMILES string of the molecule is C[C@H](OC(=O)c1ccc(COc2ccccc2)cc1)C(=O)Nc1c(F)cccc1F. The van der Waals surface area contributed by atoms with Crippen molar-refractivity contribution in [3.8, 4) is 5.75 Å². The van der Waals surface area contributed by atoms with Gasteiger partial charge in [0.1, 0.15) is 29.7 Å². The quantitative estimate of drug-likeness (QED) is 0.571. The van der Waals surface area contributed by atoms with Crippen molar-refractivity contribution in [3.05, 3.63) is 95.6 Å². The summed E-state index contributed by atoms with van der Waals surface area (Å²) in [6.45, 7) is 1.64. The molecular weight excluding hydrogens is 392 g/mol. The van der Waals surface area contributed by atoms with Gasteiger partial charge in [0.15, 0.2) is 6.10 Å². The van der Waals surface area contributed by atoms with Crippen LogP contribution in [0.3, 0.4) is 0 Å². The van der Waals surface area contributed by atoms with Crippen molar-refractivity contribution in [1.29, 1.82) is 0 Å². The molecule has 0 bridgehead atoms. The van der Waals surface area contributed by atoms with Gasteiger partial charge in [-0.25, -0.2) is 13.6 Å². The van der Waals surface area contributed by atoms with Gasteiger partial charge in [0.25, 0.3) is 5.91 Å². The van der Waals surface area contributed by atoms with Gasteiger partial charge < -0.3 is 14.8 Å². The summed E-state index contributed by atoms with van der Waals surface area (Å²) in [5.41, 5.74) is 0.486. The minimum Gasteiger partial charge on any atom is -0.489 e. The molecule has 0 radical (unpaired) electrons. The summed E-state index contributed by atoms with van der Waals surface area (Å²) in [6.07, 6.45) is -1.25. The molecule has 5 nitrogen and oxygen atoms in total. The Balaban J connectivity index is 1.55. The highest BCUT2D eigenvalue weighted by Gasteiger charge is 2.21. The first-order chi connectivity index (χ1) is 14.4. The van der Waals surface area contributed by atoms with E-state index in [0.717, 1.165) is 23.4 Å². The van der Waals surface area contributed by atoms with E-state index in [2.05, 4.69) is 5.32 Å². The number of para-hydroxylation sites is 2. The molecular formula is C23H19F2NO4. The van der Waals surface area contributed by atoms with Crippen molar-refractivity contribution < 1.29 is 27.8 Å². The predicted molar refractivity (Wildman–Crippen MR) is 107 cm³/mol. The molecule has 0 heterocycles. The highest BCUT2D eigenvalue weighted by molar-refractivity contribution is 5.97. The minimum atomic E-state index is -1.25. The van der Waals surface area contributed by atoms with Gasteiger partial charge in [0.05, 0.1) is 5.56 Å². The standard InChI is InChI=1S/C23H19F2NO4/c1-15(22(27)26-21-19(24)8-5-9-20(21)25)30-23(28)17-12-10-16(11-13-17)14-29-18-6-3-2-4-7-18/h2-13,15H,14H2,1H3,(H,26,27)/t15-/m0/s1. The number of esters is 1. The lowest BCUT2D eigenvalue weighted by Gasteiger charge is -2.14. The average molecular weight is 411 g/mol. The van der Waals surface area contributed by atoms with Crippen LogP contribution in [-0.2, 0) is 16.1 Å². The maximum atomic E-state index is 13.6. The predicted octanol–water partition coefficient (Wildman–Crippen LogP) is 4.73. The lowest BCUT2D eigenvalue weighted by atomic mass is 10.1. The maximum Gasteiger partial charge on any atom is 0.338 e. The van der Waals surface area contributed by atoms with Gasteiger partial charge in [0.2, 0.25) is 0 Å². The van der Waals surface area contributed by atoms with Gasteiger partial charge in [0, 0.05) is 0 Å².